The second kappa shape index (κ2) is 8.20. The average Bonchev–Trinajstić information content (AvgIpc) is 2.49. The van der Waals surface area contributed by atoms with E-state index in [2.05, 4.69) is 26.6 Å². The molecule has 0 aromatic heterocycles. The Kier molecular flexibility index (Phi) is 6.28. The molecule has 0 aliphatic rings. The molecule has 2 rings (SSSR count). The van der Waals surface area contributed by atoms with Gasteiger partial charge in [0.05, 0.1) is 0 Å². The van der Waals surface area contributed by atoms with Gasteiger partial charge in [-0.15, -0.1) is 0 Å². The van der Waals surface area contributed by atoms with E-state index in [1.807, 2.05) is 49.4 Å². The maximum absolute atomic E-state index is 11.8. The Morgan fingerprint density at radius 3 is 2.59 bits per heavy atom. The van der Waals surface area contributed by atoms with Crippen LogP contribution in [-0.2, 0) is 11.3 Å². The molecule has 0 heterocycles. The van der Waals surface area contributed by atoms with Crippen LogP contribution in [0.1, 0.15) is 17.5 Å². The van der Waals surface area contributed by atoms with Crippen LogP contribution in [0.25, 0.3) is 0 Å². The number of rotatable bonds is 6. The minimum atomic E-state index is 0.0252. The third-order valence-corrected chi connectivity index (χ3v) is 4.00. The van der Waals surface area contributed by atoms with Gasteiger partial charge in [0.25, 0.3) is 0 Å². The highest BCUT2D eigenvalue weighted by molar-refractivity contribution is 9.10. The minimum absolute atomic E-state index is 0.0252. The number of nitrogens with one attached hydrogen (secondary N) is 2. The quantitative estimate of drug-likeness (QED) is 0.772. The summed E-state index contributed by atoms with van der Waals surface area (Å²) in [6.45, 7) is 3.16. The molecule has 1 amide bonds. The Balaban J connectivity index is 1.72. The van der Waals surface area contributed by atoms with Crippen molar-refractivity contribution in [2.45, 2.75) is 19.9 Å². The van der Waals surface area contributed by atoms with Gasteiger partial charge in [-0.2, -0.15) is 0 Å². The second-order valence-electron chi connectivity index (χ2n) is 5.04. The molecular formula is C17H18BrClN2O. The van der Waals surface area contributed by atoms with E-state index in [4.69, 9.17) is 11.6 Å². The standard InChI is InChI=1S/C17H18BrClN2O/c1-12-10-14(18)4-7-16(12)20-9-8-17(22)21-11-13-2-5-15(19)6-3-13/h2-7,10,20H,8-9,11H2,1H3,(H,21,22). The number of amides is 1. The first-order valence-corrected chi connectivity index (χ1v) is 8.23. The highest BCUT2D eigenvalue weighted by atomic mass is 79.9. The molecule has 0 atom stereocenters. The summed E-state index contributed by atoms with van der Waals surface area (Å²) in [5.41, 5.74) is 3.24. The van der Waals surface area contributed by atoms with Crippen molar-refractivity contribution in [2.75, 3.05) is 11.9 Å². The third kappa shape index (κ3) is 5.35. The van der Waals surface area contributed by atoms with E-state index in [-0.39, 0.29) is 5.91 Å². The van der Waals surface area contributed by atoms with Crippen molar-refractivity contribution < 1.29 is 4.79 Å². The SMILES string of the molecule is Cc1cc(Br)ccc1NCCC(=O)NCc1ccc(Cl)cc1. The molecule has 0 spiro atoms. The highest BCUT2D eigenvalue weighted by Crippen LogP contribution is 2.19. The van der Waals surface area contributed by atoms with Crippen molar-refractivity contribution in [2.24, 2.45) is 0 Å². The molecular weight excluding hydrogens is 364 g/mol. The summed E-state index contributed by atoms with van der Waals surface area (Å²) < 4.78 is 1.05. The maximum Gasteiger partial charge on any atom is 0.222 e. The summed E-state index contributed by atoms with van der Waals surface area (Å²) in [6, 6.07) is 13.5. The molecule has 0 fully saturated rings. The molecule has 0 aliphatic carbocycles. The minimum Gasteiger partial charge on any atom is -0.384 e. The molecule has 2 aromatic rings. The van der Waals surface area contributed by atoms with E-state index < -0.39 is 0 Å². The summed E-state index contributed by atoms with van der Waals surface area (Å²) in [4.78, 5) is 11.8. The summed E-state index contributed by atoms with van der Waals surface area (Å²) >= 11 is 9.26. The molecule has 0 bridgehead atoms. The molecule has 0 radical (unpaired) electrons. The number of anilines is 1. The molecule has 2 aromatic carbocycles. The predicted octanol–water partition coefficient (Wildman–Crippen LogP) is 4.53. The maximum atomic E-state index is 11.8. The lowest BCUT2D eigenvalue weighted by atomic mass is 10.2. The first-order valence-electron chi connectivity index (χ1n) is 7.06. The first kappa shape index (κ1) is 16.8. The fourth-order valence-corrected chi connectivity index (χ4v) is 2.63. The number of carbonyl (C=O) groups is 1. The summed E-state index contributed by atoms with van der Waals surface area (Å²) in [6.07, 6.45) is 0.434. The fourth-order valence-electron chi connectivity index (χ4n) is 2.03. The van der Waals surface area contributed by atoms with Gasteiger partial charge in [0.1, 0.15) is 0 Å². The van der Waals surface area contributed by atoms with Gasteiger partial charge in [-0.25, -0.2) is 0 Å². The normalized spacial score (nSPS) is 10.3. The number of aryl methyl sites for hydroxylation is 1. The first-order chi connectivity index (χ1) is 10.5. The lowest BCUT2D eigenvalue weighted by molar-refractivity contribution is -0.121. The molecule has 0 unspecified atom stereocenters. The Bertz CT molecular complexity index is 644. The Morgan fingerprint density at radius 1 is 1.18 bits per heavy atom. The molecule has 0 saturated heterocycles. The van der Waals surface area contributed by atoms with Gasteiger partial charge >= 0.3 is 0 Å². The summed E-state index contributed by atoms with van der Waals surface area (Å²) in [5.74, 6) is 0.0252. The molecule has 22 heavy (non-hydrogen) atoms. The fraction of sp³-hybridized carbons (Fsp3) is 0.235. The van der Waals surface area contributed by atoms with Crippen LogP contribution >= 0.6 is 27.5 Å². The Labute approximate surface area is 144 Å². The van der Waals surface area contributed by atoms with Crippen molar-refractivity contribution in [1.29, 1.82) is 0 Å². The van der Waals surface area contributed by atoms with Crippen molar-refractivity contribution in [3.05, 3.63) is 63.1 Å². The number of halogens is 2. The van der Waals surface area contributed by atoms with Crippen LogP contribution in [0.5, 0.6) is 0 Å². The third-order valence-electron chi connectivity index (χ3n) is 3.26. The second-order valence-corrected chi connectivity index (χ2v) is 6.39. The zero-order valence-electron chi connectivity index (χ0n) is 12.3. The lowest BCUT2D eigenvalue weighted by Crippen LogP contribution is -2.24. The largest absolute Gasteiger partial charge is 0.384 e. The van der Waals surface area contributed by atoms with E-state index in [9.17, 15) is 4.79 Å². The topological polar surface area (TPSA) is 41.1 Å². The van der Waals surface area contributed by atoms with Crippen LogP contribution in [0.4, 0.5) is 5.69 Å². The summed E-state index contributed by atoms with van der Waals surface area (Å²) in [7, 11) is 0. The van der Waals surface area contributed by atoms with Crippen molar-refractivity contribution in [1.82, 2.24) is 5.32 Å². The molecule has 0 aliphatic heterocycles. The van der Waals surface area contributed by atoms with E-state index in [0.717, 1.165) is 21.3 Å². The molecule has 2 N–H and O–H groups in total. The zero-order chi connectivity index (χ0) is 15.9. The predicted molar refractivity (Wildman–Crippen MR) is 95.3 cm³/mol. The molecule has 0 saturated carbocycles. The zero-order valence-corrected chi connectivity index (χ0v) is 14.7. The number of hydrogen-bond acceptors (Lipinski definition) is 2. The lowest BCUT2D eigenvalue weighted by Gasteiger charge is -2.10. The van der Waals surface area contributed by atoms with Crippen LogP contribution in [0.3, 0.4) is 0 Å². The number of hydrogen-bond donors (Lipinski definition) is 2. The van der Waals surface area contributed by atoms with Crippen LogP contribution in [0.2, 0.25) is 5.02 Å². The van der Waals surface area contributed by atoms with Crippen LogP contribution in [0.15, 0.2) is 46.9 Å². The summed E-state index contributed by atoms with van der Waals surface area (Å²) in [5, 5.41) is 6.87. The van der Waals surface area contributed by atoms with Gasteiger partial charge in [-0.3, -0.25) is 4.79 Å². The van der Waals surface area contributed by atoms with E-state index in [0.29, 0.717) is 24.5 Å². The van der Waals surface area contributed by atoms with E-state index in [1.54, 1.807) is 0 Å². The molecule has 3 nitrogen and oxygen atoms in total. The van der Waals surface area contributed by atoms with Crippen molar-refractivity contribution in [3.8, 4) is 0 Å². The number of benzene rings is 2. The highest BCUT2D eigenvalue weighted by Gasteiger charge is 2.03. The smallest absolute Gasteiger partial charge is 0.222 e. The van der Waals surface area contributed by atoms with Gasteiger partial charge in [-0.1, -0.05) is 39.7 Å². The Hall–Kier alpha value is -1.52. The number of carbonyl (C=O) groups excluding carboxylic acids is 1. The molecule has 5 heteroatoms. The van der Waals surface area contributed by atoms with E-state index >= 15 is 0 Å². The monoisotopic (exact) mass is 380 g/mol. The van der Waals surface area contributed by atoms with Gasteiger partial charge in [-0.05, 0) is 48.4 Å². The van der Waals surface area contributed by atoms with Crippen LogP contribution in [-0.4, -0.2) is 12.5 Å². The van der Waals surface area contributed by atoms with Crippen molar-refractivity contribution >= 4 is 39.1 Å². The van der Waals surface area contributed by atoms with Gasteiger partial charge in [0.15, 0.2) is 0 Å². The van der Waals surface area contributed by atoms with Gasteiger partial charge in [0.2, 0.25) is 5.91 Å². The van der Waals surface area contributed by atoms with Crippen LogP contribution < -0.4 is 10.6 Å². The molecule has 116 valence electrons. The van der Waals surface area contributed by atoms with E-state index in [1.165, 1.54) is 0 Å². The Morgan fingerprint density at radius 2 is 1.91 bits per heavy atom. The van der Waals surface area contributed by atoms with Gasteiger partial charge < -0.3 is 10.6 Å². The van der Waals surface area contributed by atoms with Crippen molar-refractivity contribution in [3.63, 3.8) is 0 Å². The van der Waals surface area contributed by atoms with Gasteiger partial charge in [0, 0.05) is 34.7 Å². The van der Waals surface area contributed by atoms with Crippen LogP contribution in [0, 0.1) is 6.92 Å². The average molecular weight is 382 g/mol.